The van der Waals surface area contributed by atoms with E-state index < -0.39 is 48.2 Å². The van der Waals surface area contributed by atoms with Gasteiger partial charge in [-0.2, -0.15) is 13.8 Å². The lowest BCUT2D eigenvalue weighted by atomic mass is 10.0. The van der Waals surface area contributed by atoms with Crippen LogP contribution in [0.4, 0.5) is 9.52 Å². The summed E-state index contributed by atoms with van der Waals surface area (Å²) >= 11 is 3.58. The zero-order chi connectivity index (χ0) is 28.4. The average molecular weight is 611 g/mol. The summed E-state index contributed by atoms with van der Waals surface area (Å²) < 4.78 is 20.1. The molecule has 0 bridgehead atoms. The van der Waals surface area contributed by atoms with E-state index in [4.69, 9.17) is 10.6 Å². The fourth-order valence-corrected chi connectivity index (χ4v) is 6.84. The number of aromatic nitrogens is 4. The van der Waals surface area contributed by atoms with Gasteiger partial charge in [0.15, 0.2) is 5.13 Å². The number of nitrogens with one attached hydrogen (secondary N) is 2. The molecule has 15 nitrogen and oxygen atoms in total. The van der Waals surface area contributed by atoms with Gasteiger partial charge in [-0.05, 0) is 0 Å². The summed E-state index contributed by atoms with van der Waals surface area (Å²) in [7, 11) is 0. The second-order valence-electron chi connectivity index (χ2n) is 8.32. The number of carbonyl (C=O) groups excluding carboxylic acids is 3. The molecule has 19 heteroatoms. The summed E-state index contributed by atoms with van der Waals surface area (Å²) in [5.74, 6) is -1.93. The van der Waals surface area contributed by atoms with E-state index in [-0.39, 0.29) is 35.5 Å². The van der Waals surface area contributed by atoms with Crippen molar-refractivity contribution in [3.05, 3.63) is 40.7 Å². The van der Waals surface area contributed by atoms with E-state index in [0.717, 1.165) is 27.1 Å². The van der Waals surface area contributed by atoms with Gasteiger partial charge >= 0.3 is 5.97 Å². The highest BCUT2D eigenvalue weighted by molar-refractivity contribution is 8.00. The van der Waals surface area contributed by atoms with Gasteiger partial charge in [0.2, 0.25) is 22.8 Å². The van der Waals surface area contributed by atoms with Gasteiger partial charge in [-0.25, -0.2) is 13.8 Å². The Morgan fingerprint density at radius 2 is 2.25 bits per heavy atom. The number of carboxylic acids is 1. The van der Waals surface area contributed by atoms with Crippen molar-refractivity contribution in [1.29, 1.82) is 0 Å². The molecule has 2 atom stereocenters. The van der Waals surface area contributed by atoms with E-state index in [1.807, 2.05) is 26.7 Å². The number of imidazole rings is 1. The average Bonchev–Trinajstić information content (AvgIpc) is 3.65. The molecule has 0 aliphatic carbocycles. The third kappa shape index (κ3) is 5.09. The number of rotatable bonds is 12. The van der Waals surface area contributed by atoms with Crippen molar-refractivity contribution in [2.75, 3.05) is 24.8 Å². The van der Waals surface area contributed by atoms with Crippen LogP contribution in [0.25, 0.3) is 4.83 Å². The van der Waals surface area contributed by atoms with Gasteiger partial charge < -0.3 is 26.3 Å². The van der Waals surface area contributed by atoms with Gasteiger partial charge in [-0.15, -0.1) is 11.8 Å². The van der Waals surface area contributed by atoms with Crippen molar-refractivity contribution in [2.45, 2.75) is 24.5 Å². The first kappa shape index (κ1) is 27.5. The maximum atomic E-state index is 13.1. The molecular weight excluding hydrogens is 589 g/mol. The van der Waals surface area contributed by atoms with E-state index in [9.17, 15) is 28.7 Å². The minimum atomic E-state index is -1.28. The predicted octanol–water partition coefficient (Wildman–Crippen LogP) is -0.903. The summed E-state index contributed by atoms with van der Waals surface area (Å²) in [6.45, 7) is -0.867. The first-order valence-electron chi connectivity index (χ1n) is 11.5. The number of β-lactam (4-membered cyclic amide) rings is 1. The SMILES string of the molecule is Nc1nc(/C(=N/OCCF)C(=O)N[C@@H]2C(=O)N3C(C(=O)O)=C(C[n+]4cc5sccn5c4CNC=O)CS[C@H]23)ns1. The molecule has 3 aromatic heterocycles. The van der Waals surface area contributed by atoms with Gasteiger partial charge in [-0.3, -0.25) is 19.3 Å². The fourth-order valence-electron chi connectivity index (χ4n) is 4.28. The molecule has 3 amide bonds. The summed E-state index contributed by atoms with van der Waals surface area (Å²) in [5.41, 5.74) is 5.52. The number of alkyl halides is 1. The molecule has 5 heterocycles. The van der Waals surface area contributed by atoms with Crippen molar-refractivity contribution in [3.8, 4) is 0 Å². The third-order valence-electron chi connectivity index (χ3n) is 5.95. The summed E-state index contributed by atoms with van der Waals surface area (Å²) in [6.07, 6.45) is 4.27. The molecular formula is C21H21FN9O6S3+. The minimum Gasteiger partial charge on any atom is -0.477 e. The number of thioether (sulfide) groups is 1. The van der Waals surface area contributed by atoms with Crippen LogP contribution in [0.1, 0.15) is 11.6 Å². The lowest BCUT2D eigenvalue weighted by Gasteiger charge is -2.49. The second kappa shape index (κ2) is 11.6. The van der Waals surface area contributed by atoms with Crippen LogP contribution < -0.4 is 20.9 Å². The van der Waals surface area contributed by atoms with Gasteiger partial charge in [0, 0.05) is 28.2 Å². The van der Waals surface area contributed by atoms with Crippen LogP contribution in [-0.2, 0) is 37.1 Å². The van der Waals surface area contributed by atoms with Gasteiger partial charge in [0.1, 0.15) is 55.9 Å². The number of thiazole rings is 1. The predicted molar refractivity (Wildman–Crippen MR) is 141 cm³/mol. The molecule has 1 saturated heterocycles. The number of nitrogens with two attached hydrogens (primary N) is 1. The number of halogens is 1. The zero-order valence-corrected chi connectivity index (χ0v) is 22.8. The summed E-state index contributed by atoms with van der Waals surface area (Å²) in [4.78, 5) is 60.1. The molecule has 40 heavy (non-hydrogen) atoms. The van der Waals surface area contributed by atoms with E-state index in [1.165, 1.54) is 23.1 Å². The number of anilines is 1. The largest absolute Gasteiger partial charge is 0.477 e. The molecule has 1 fully saturated rings. The molecule has 5 N–H and O–H groups in total. The zero-order valence-electron chi connectivity index (χ0n) is 20.4. The summed E-state index contributed by atoms with van der Waals surface area (Å²) in [5, 5.41) is 20.1. The smallest absolute Gasteiger partial charge is 0.352 e. The molecule has 0 aromatic carbocycles. The minimum absolute atomic E-state index is 0.0597. The highest BCUT2D eigenvalue weighted by Crippen LogP contribution is 2.40. The van der Waals surface area contributed by atoms with Crippen LogP contribution in [-0.4, -0.2) is 84.1 Å². The Morgan fingerprint density at radius 3 is 2.95 bits per heavy atom. The molecule has 0 unspecified atom stereocenters. The Labute approximate surface area is 236 Å². The topological polar surface area (TPSA) is 197 Å². The van der Waals surface area contributed by atoms with Crippen LogP contribution in [0, 0.1) is 0 Å². The Bertz CT molecular complexity index is 1550. The quantitative estimate of drug-likeness (QED) is 0.0498. The Hall–Kier alpha value is -4.10. The summed E-state index contributed by atoms with van der Waals surface area (Å²) in [6, 6.07) is -1.06. The standard InChI is InChI=1S/C21H20FN9O6S3/c22-1-3-37-27-13(16-26-21(23)40-28-16)17(33)25-14-18(34)31-15(20(35)36)10(8-39-19(14)31)6-29-7-12-30(2-4-38-12)11(29)5-24-9-32/h2,4,7,9,14,19H,1,3,5-6,8H2,(H4-,23,24,25,26,28,32,33,35,36)/p+1/b27-13-/t14-,19-/m1/s1. The number of hydrogen-bond donors (Lipinski definition) is 4. The molecule has 0 spiro atoms. The van der Waals surface area contributed by atoms with Gasteiger partial charge in [0.25, 0.3) is 17.6 Å². The van der Waals surface area contributed by atoms with Crippen molar-refractivity contribution >= 4 is 74.5 Å². The van der Waals surface area contributed by atoms with E-state index in [1.54, 1.807) is 0 Å². The number of fused-ring (bicyclic) bond motifs is 2. The lowest BCUT2D eigenvalue weighted by molar-refractivity contribution is -0.695. The van der Waals surface area contributed by atoms with Crippen molar-refractivity contribution in [2.24, 2.45) is 5.16 Å². The molecule has 2 aliphatic heterocycles. The number of nitrogens with zero attached hydrogens (tertiary/aromatic N) is 6. The van der Waals surface area contributed by atoms with Crippen molar-refractivity contribution in [3.63, 3.8) is 0 Å². The Morgan fingerprint density at radius 1 is 1.43 bits per heavy atom. The highest BCUT2D eigenvalue weighted by Gasteiger charge is 2.54. The monoisotopic (exact) mass is 610 g/mol. The molecule has 0 radical (unpaired) electrons. The number of oxime groups is 1. The Kier molecular flexibility index (Phi) is 7.94. The van der Waals surface area contributed by atoms with Crippen LogP contribution in [0.3, 0.4) is 0 Å². The maximum Gasteiger partial charge on any atom is 0.352 e. The molecule has 5 rings (SSSR count). The molecule has 0 saturated carbocycles. The van der Waals surface area contributed by atoms with Crippen LogP contribution in [0.5, 0.6) is 0 Å². The number of carbonyl (C=O) groups is 4. The van der Waals surface area contributed by atoms with Crippen molar-refractivity contribution < 1.29 is 38.1 Å². The van der Waals surface area contributed by atoms with E-state index in [2.05, 4.69) is 25.1 Å². The first-order chi connectivity index (χ1) is 19.3. The number of aliphatic carboxylic acids is 1. The van der Waals surface area contributed by atoms with Crippen molar-refractivity contribution in [1.82, 2.24) is 29.3 Å². The number of carboxylic acid groups (broad SMARTS) is 1. The lowest BCUT2D eigenvalue weighted by Crippen LogP contribution is -2.71. The molecule has 2 aliphatic rings. The van der Waals surface area contributed by atoms with Gasteiger partial charge in [0.05, 0.1) is 0 Å². The molecule has 3 aromatic rings. The normalized spacial score (nSPS) is 18.9. The van der Waals surface area contributed by atoms with Crippen LogP contribution >= 0.6 is 34.6 Å². The van der Waals surface area contributed by atoms with Gasteiger partial charge in [-0.1, -0.05) is 16.5 Å². The van der Waals surface area contributed by atoms with Crippen LogP contribution in [0.15, 0.2) is 34.2 Å². The number of hydrogen-bond acceptors (Lipinski definition) is 12. The fraction of sp³-hybridized carbons (Fsp3) is 0.333. The molecule has 210 valence electrons. The maximum absolute atomic E-state index is 13.1. The van der Waals surface area contributed by atoms with E-state index in [0.29, 0.717) is 12.0 Å². The number of nitrogen functional groups attached to an aromatic ring is 1. The highest BCUT2D eigenvalue weighted by atomic mass is 32.2. The first-order valence-corrected chi connectivity index (χ1v) is 14.2. The number of amides is 3. The second-order valence-corrected chi connectivity index (χ2v) is 11.1. The van der Waals surface area contributed by atoms with Crippen LogP contribution in [0.2, 0.25) is 0 Å². The van der Waals surface area contributed by atoms with E-state index >= 15 is 0 Å². The third-order valence-corrected chi connectivity index (χ3v) is 8.63. The Balaban J connectivity index is 1.37.